The molecular formula is C23H24ClN3O4S. The van der Waals surface area contributed by atoms with E-state index in [1.54, 1.807) is 18.5 Å². The van der Waals surface area contributed by atoms with E-state index in [0.717, 1.165) is 15.4 Å². The van der Waals surface area contributed by atoms with Crippen molar-refractivity contribution in [2.75, 3.05) is 20.2 Å². The molecular weight excluding hydrogens is 450 g/mol. The zero-order valence-electron chi connectivity index (χ0n) is 17.6. The number of aromatic nitrogens is 1. The molecule has 0 fully saturated rings. The van der Waals surface area contributed by atoms with Gasteiger partial charge in [-0.15, -0.1) is 0 Å². The Bertz CT molecular complexity index is 1140. The van der Waals surface area contributed by atoms with E-state index in [-0.39, 0.29) is 29.6 Å². The molecule has 2 aromatic carbocycles. The van der Waals surface area contributed by atoms with Crippen LogP contribution in [0.25, 0.3) is 0 Å². The van der Waals surface area contributed by atoms with Gasteiger partial charge in [0.05, 0.1) is 23.6 Å². The number of methoxy groups -OCH3 is 1. The minimum absolute atomic E-state index is 0.00331. The van der Waals surface area contributed by atoms with Crippen LogP contribution in [0.4, 0.5) is 0 Å². The highest BCUT2D eigenvalue weighted by Gasteiger charge is 2.27. The lowest BCUT2D eigenvalue weighted by Gasteiger charge is -2.22. The molecule has 3 rings (SSSR count). The Balaban J connectivity index is 1.78. The first-order chi connectivity index (χ1) is 15.4. The zero-order valence-corrected chi connectivity index (χ0v) is 19.1. The highest BCUT2D eigenvalue weighted by molar-refractivity contribution is 7.89. The second-order valence-electron chi connectivity index (χ2n) is 7.01. The summed E-state index contributed by atoms with van der Waals surface area (Å²) in [5.41, 5.74) is 1.79. The van der Waals surface area contributed by atoms with Gasteiger partial charge in [0.25, 0.3) is 0 Å². The van der Waals surface area contributed by atoms with Crippen LogP contribution in [0.2, 0.25) is 5.02 Å². The van der Waals surface area contributed by atoms with E-state index in [2.05, 4.69) is 10.3 Å². The summed E-state index contributed by atoms with van der Waals surface area (Å²) in [6, 6.07) is 17.3. The van der Waals surface area contributed by atoms with Crippen molar-refractivity contribution in [1.82, 2.24) is 14.6 Å². The van der Waals surface area contributed by atoms with E-state index in [1.165, 1.54) is 25.3 Å². The van der Waals surface area contributed by atoms with E-state index in [9.17, 15) is 13.2 Å². The smallest absolute Gasteiger partial charge is 0.243 e. The third kappa shape index (κ3) is 6.29. The van der Waals surface area contributed by atoms with Gasteiger partial charge in [-0.1, -0.05) is 48.0 Å². The number of carbonyl (C=O) groups is 1. The van der Waals surface area contributed by atoms with Crippen LogP contribution >= 0.6 is 11.6 Å². The number of ether oxygens (including phenoxy) is 1. The van der Waals surface area contributed by atoms with Crippen LogP contribution in [0.15, 0.2) is 78.0 Å². The molecule has 1 heterocycles. The van der Waals surface area contributed by atoms with E-state index in [4.69, 9.17) is 16.3 Å². The van der Waals surface area contributed by atoms with Crippen LogP contribution in [0.3, 0.4) is 0 Å². The summed E-state index contributed by atoms with van der Waals surface area (Å²) >= 11 is 6.14. The van der Waals surface area contributed by atoms with Gasteiger partial charge in [0.15, 0.2) is 0 Å². The molecule has 32 heavy (non-hydrogen) atoms. The van der Waals surface area contributed by atoms with Gasteiger partial charge in [-0.25, -0.2) is 8.42 Å². The molecule has 0 spiro atoms. The number of rotatable bonds is 10. The fourth-order valence-electron chi connectivity index (χ4n) is 3.06. The fraction of sp³-hybridized carbons (Fsp3) is 0.217. The van der Waals surface area contributed by atoms with Crippen LogP contribution in [0.1, 0.15) is 11.1 Å². The van der Waals surface area contributed by atoms with Gasteiger partial charge in [-0.3, -0.25) is 9.78 Å². The summed E-state index contributed by atoms with van der Waals surface area (Å²) in [7, 11) is -2.52. The number of amides is 1. The molecule has 1 aromatic heterocycles. The normalized spacial score (nSPS) is 11.3. The van der Waals surface area contributed by atoms with Crippen LogP contribution in [0.5, 0.6) is 5.75 Å². The van der Waals surface area contributed by atoms with Crippen LogP contribution in [0, 0.1) is 0 Å². The van der Waals surface area contributed by atoms with E-state index < -0.39 is 15.9 Å². The van der Waals surface area contributed by atoms with Gasteiger partial charge >= 0.3 is 0 Å². The number of pyridine rings is 1. The second kappa shape index (κ2) is 11.1. The molecule has 0 aliphatic carbocycles. The Labute approximate surface area is 193 Å². The molecule has 0 saturated heterocycles. The molecule has 0 atom stereocenters. The molecule has 0 bridgehead atoms. The van der Waals surface area contributed by atoms with Gasteiger partial charge < -0.3 is 10.1 Å². The number of nitrogens with one attached hydrogen (secondary N) is 1. The van der Waals surface area contributed by atoms with Gasteiger partial charge in [0, 0.05) is 25.5 Å². The molecule has 168 valence electrons. The average Bonchev–Trinajstić information content (AvgIpc) is 2.81. The Morgan fingerprint density at radius 2 is 1.84 bits per heavy atom. The van der Waals surface area contributed by atoms with Crippen molar-refractivity contribution in [2.24, 2.45) is 0 Å². The third-order valence-corrected chi connectivity index (χ3v) is 6.92. The maximum absolute atomic E-state index is 13.4. The Kier molecular flexibility index (Phi) is 8.21. The lowest BCUT2D eigenvalue weighted by atomic mass is 10.1. The first kappa shape index (κ1) is 23.7. The molecule has 7 nitrogen and oxygen atoms in total. The van der Waals surface area contributed by atoms with Crippen molar-refractivity contribution in [1.29, 1.82) is 0 Å². The van der Waals surface area contributed by atoms with Crippen molar-refractivity contribution in [2.45, 2.75) is 17.9 Å². The molecule has 1 N–H and O–H groups in total. The van der Waals surface area contributed by atoms with Crippen LogP contribution < -0.4 is 10.1 Å². The molecule has 0 aliphatic heterocycles. The van der Waals surface area contributed by atoms with E-state index in [0.29, 0.717) is 12.2 Å². The number of benzene rings is 2. The van der Waals surface area contributed by atoms with Gasteiger partial charge in [-0.05, 0) is 41.8 Å². The Hall–Kier alpha value is -2.94. The predicted molar refractivity (Wildman–Crippen MR) is 123 cm³/mol. The summed E-state index contributed by atoms with van der Waals surface area (Å²) in [6.07, 6.45) is 3.74. The Morgan fingerprint density at radius 3 is 2.50 bits per heavy atom. The van der Waals surface area contributed by atoms with Crippen molar-refractivity contribution < 1.29 is 17.9 Å². The molecule has 3 aromatic rings. The largest absolute Gasteiger partial charge is 0.495 e. The fourth-order valence-corrected chi connectivity index (χ4v) is 4.80. The summed E-state index contributed by atoms with van der Waals surface area (Å²) < 4.78 is 33.0. The highest BCUT2D eigenvalue weighted by atomic mass is 35.5. The lowest BCUT2D eigenvalue weighted by Crippen LogP contribution is -2.41. The number of carbonyl (C=O) groups excluding carboxylic acids is 1. The van der Waals surface area contributed by atoms with Crippen molar-refractivity contribution >= 4 is 27.5 Å². The minimum atomic E-state index is -3.98. The van der Waals surface area contributed by atoms with E-state index in [1.807, 2.05) is 36.4 Å². The average molecular weight is 474 g/mol. The standard InChI is InChI=1S/C23H24ClN3O4S/c1-31-22-10-9-20(14-21(22)24)32(29,30)27(13-11-18-6-3-2-4-7-18)17-23(28)26-16-19-8-5-12-25-15-19/h2-10,12,14-15H,11,13,16-17H2,1H3,(H,26,28). The summed E-state index contributed by atoms with van der Waals surface area (Å²) in [6.45, 7) is 0.0724. The number of nitrogens with zero attached hydrogens (tertiary/aromatic N) is 2. The zero-order chi connectivity index (χ0) is 23.0. The van der Waals surface area contributed by atoms with Crippen molar-refractivity contribution in [3.05, 3.63) is 89.2 Å². The van der Waals surface area contributed by atoms with Crippen molar-refractivity contribution in [3.63, 3.8) is 0 Å². The Morgan fingerprint density at radius 1 is 1.09 bits per heavy atom. The van der Waals surface area contributed by atoms with Gasteiger partial charge in [0.1, 0.15) is 5.75 Å². The first-order valence-electron chi connectivity index (χ1n) is 9.93. The molecule has 9 heteroatoms. The maximum atomic E-state index is 13.4. The molecule has 0 aliphatic rings. The lowest BCUT2D eigenvalue weighted by molar-refractivity contribution is -0.121. The van der Waals surface area contributed by atoms with Crippen LogP contribution in [-0.4, -0.2) is 43.8 Å². The molecule has 0 unspecified atom stereocenters. The predicted octanol–water partition coefficient (Wildman–Crippen LogP) is 3.29. The summed E-state index contributed by atoms with van der Waals surface area (Å²) in [5.74, 6) is -0.0410. The SMILES string of the molecule is COc1ccc(S(=O)(=O)N(CCc2ccccc2)CC(=O)NCc2cccnc2)cc1Cl. The molecule has 0 saturated carbocycles. The molecule has 1 amide bonds. The second-order valence-corrected chi connectivity index (χ2v) is 9.35. The number of halogens is 1. The first-order valence-corrected chi connectivity index (χ1v) is 11.7. The van der Waals surface area contributed by atoms with Crippen LogP contribution in [-0.2, 0) is 27.8 Å². The number of hydrogen-bond donors (Lipinski definition) is 1. The molecule has 0 radical (unpaired) electrons. The van der Waals surface area contributed by atoms with Gasteiger partial charge in [-0.2, -0.15) is 4.31 Å². The third-order valence-electron chi connectivity index (χ3n) is 4.79. The monoisotopic (exact) mass is 473 g/mol. The number of sulfonamides is 1. The van der Waals surface area contributed by atoms with E-state index >= 15 is 0 Å². The van der Waals surface area contributed by atoms with Gasteiger partial charge in [0.2, 0.25) is 15.9 Å². The van der Waals surface area contributed by atoms with Crippen molar-refractivity contribution in [3.8, 4) is 5.75 Å². The summed E-state index contributed by atoms with van der Waals surface area (Å²) in [4.78, 5) is 16.6. The highest BCUT2D eigenvalue weighted by Crippen LogP contribution is 2.28. The minimum Gasteiger partial charge on any atom is -0.495 e. The quantitative estimate of drug-likeness (QED) is 0.488. The summed E-state index contributed by atoms with van der Waals surface area (Å²) in [5, 5.41) is 2.93. The number of hydrogen-bond acceptors (Lipinski definition) is 5. The maximum Gasteiger partial charge on any atom is 0.243 e. The topological polar surface area (TPSA) is 88.6 Å².